The summed E-state index contributed by atoms with van der Waals surface area (Å²) >= 11 is 0. The van der Waals surface area contributed by atoms with Crippen LogP contribution in [0, 0.1) is 0 Å². The normalized spacial score (nSPS) is 22.5. The van der Waals surface area contributed by atoms with Crippen LogP contribution in [0.4, 0.5) is 5.69 Å². The number of benzene rings is 1. The molecule has 5 nitrogen and oxygen atoms in total. The monoisotopic (exact) mass is 244 g/mol. The van der Waals surface area contributed by atoms with Crippen molar-refractivity contribution in [3.05, 3.63) is 36.9 Å². The molecule has 1 heterocycles. The number of ether oxygens (including phenoxy) is 1. The average molecular weight is 244 g/mol. The van der Waals surface area contributed by atoms with Crippen LogP contribution in [0.15, 0.2) is 36.9 Å². The number of hydrogen-bond acceptors (Lipinski definition) is 4. The van der Waals surface area contributed by atoms with Crippen LogP contribution in [0.3, 0.4) is 0 Å². The van der Waals surface area contributed by atoms with Crippen LogP contribution in [0.25, 0.3) is 5.69 Å². The van der Waals surface area contributed by atoms with Gasteiger partial charge in [0.15, 0.2) is 0 Å². The second kappa shape index (κ2) is 4.78. The van der Waals surface area contributed by atoms with Gasteiger partial charge in [-0.2, -0.15) is 5.10 Å². The van der Waals surface area contributed by atoms with Crippen LogP contribution in [-0.2, 0) is 4.74 Å². The average Bonchev–Trinajstić information content (AvgIpc) is 2.87. The minimum Gasteiger partial charge on any atom is -0.381 e. The highest BCUT2D eigenvalue weighted by atomic mass is 16.5. The molecule has 3 rings (SSSR count). The molecule has 94 valence electrons. The van der Waals surface area contributed by atoms with Crippen LogP contribution in [0.1, 0.15) is 12.8 Å². The van der Waals surface area contributed by atoms with E-state index in [0.717, 1.165) is 24.2 Å². The molecule has 1 aromatic heterocycles. The summed E-state index contributed by atoms with van der Waals surface area (Å²) in [6.45, 7) is 0. The molecule has 2 aromatic rings. The Morgan fingerprint density at radius 3 is 2.89 bits per heavy atom. The van der Waals surface area contributed by atoms with Crippen molar-refractivity contribution in [2.45, 2.75) is 25.0 Å². The van der Waals surface area contributed by atoms with E-state index in [2.05, 4.69) is 21.5 Å². The topological polar surface area (TPSA) is 52.0 Å². The molecule has 0 bridgehead atoms. The lowest BCUT2D eigenvalue weighted by atomic mass is 9.89. The maximum atomic E-state index is 5.29. The summed E-state index contributed by atoms with van der Waals surface area (Å²) in [4.78, 5) is 3.98. The SMILES string of the molecule is COC1CC(Nc2ccccc2-n2cncn2)C1. The van der Waals surface area contributed by atoms with E-state index in [9.17, 15) is 0 Å². The fourth-order valence-corrected chi connectivity index (χ4v) is 2.22. The maximum absolute atomic E-state index is 5.29. The van der Waals surface area contributed by atoms with Gasteiger partial charge in [-0.1, -0.05) is 12.1 Å². The first-order valence-electron chi connectivity index (χ1n) is 6.10. The Balaban J connectivity index is 1.76. The molecule has 1 aromatic carbocycles. The van der Waals surface area contributed by atoms with E-state index in [1.54, 1.807) is 24.4 Å². The molecular formula is C13H16N4O. The predicted octanol–water partition coefficient (Wildman–Crippen LogP) is 1.86. The van der Waals surface area contributed by atoms with Gasteiger partial charge >= 0.3 is 0 Å². The van der Waals surface area contributed by atoms with E-state index in [1.165, 1.54) is 0 Å². The van der Waals surface area contributed by atoms with Gasteiger partial charge in [-0.15, -0.1) is 0 Å². The van der Waals surface area contributed by atoms with Gasteiger partial charge in [0.25, 0.3) is 0 Å². The summed E-state index contributed by atoms with van der Waals surface area (Å²) < 4.78 is 7.06. The number of anilines is 1. The molecule has 1 aliphatic rings. The zero-order valence-corrected chi connectivity index (χ0v) is 10.3. The van der Waals surface area contributed by atoms with Crippen molar-refractivity contribution in [3.8, 4) is 5.69 Å². The summed E-state index contributed by atoms with van der Waals surface area (Å²) in [6, 6.07) is 8.61. The molecule has 18 heavy (non-hydrogen) atoms. The first kappa shape index (κ1) is 11.2. The van der Waals surface area contributed by atoms with Crippen LogP contribution < -0.4 is 5.32 Å². The lowest BCUT2D eigenvalue weighted by molar-refractivity contribution is 0.0329. The van der Waals surface area contributed by atoms with Gasteiger partial charge in [0, 0.05) is 13.2 Å². The van der Waals surface area contributed by atoms with Crippen LogP contribution in [0.5, 0.6) is 0 Å². The molecule has 0 unspecified atom stereocenters. The zero-order valence-electron chi connectivity index (χ0n) is 10.3. The van der Waals surface area contributed by atoms with Gasteiger partial charge in [0.05, 0.1) is 17.5 Å². The van der Waals surface area contributed by atoms with E-state index in [0.29, 0.717) is 12.1 Å². The Morgan fingerprint density at radius 1 is 1.33 bits per heavy atom. The number of aromatic nitrogens is 3. The molecule has 0 aliphatic heterocycles. The molecule has 1 N–H and O–H groups in total. The lowest BCUT2D eigenvalue weighted by Crippen LogP contribution is -2.40. The number of hydrogen-bond donors (Lipinski definition) is 1. The number of para-hydroxylation sites is 2. The largest absolute Gasteiger partial charge is 0.381 e. The standard InChI is InChI=1S/C13H16N4O/c1-18-11-6-10(7-11)16-12-4-2-3-5-13(12)17-9-14-8-15-17/h2-5,8-11,16H,6-7H2,1H3. The smallest absolute Gasteiger partial charge is 0.138 e. The number of rotatable bonds is 4. The number of nitrogens with zero attached hydrogens (tertiary/aromatic N) is 3. The van der Waals surface area contributed by atoms with Crippen LogP contribution in [0.2, 0.25) is 0 Å². The van der Waals surface area contributed by atoms with E-state index in [4.69, 9.17) is 4.74 Å². The molecule has 1 aliphatic carbocycles. The number of nitrogens with one attached hydrogen (secondary N) is 1. The van der Waals surface area contributed by atoms with Gasteiger partial charge in [-0.05, 0) is 25.0 Å². The molecule has 1 fully saturated rings. The Labute approximate surface area is 106 Å². The molecular weight excluding hydrogens is 228 g/mol. The Bertz CT molecular complexity index is 505. The minimum atomic E-state index is 0.404. The quantitative estimate of drug-likeness (QED) is 0.892. The first-order valence-corrected chi connectivity index (χ1v) is 6.10. The van der Waals surface area contributed by atoms with Crippen LogP contribution in [-0.4, -0.2) is 34.0 Å². The molecule has 5 heteroatoms. The molecule has 0 saturated heterocycles. The second-order valence-electron chi connectivity index (χ2n) is 4.53. The Kier molecular flexibility index (Phi) is 2.98. The molecule has 0 amide bonds. The van der Waals surface area contributed by atoms with Crippen molar-refractivity contribution < 1.29 is 4.74 Å². The van der Waals surface area contributed by atoms with Gasteiger partial charge in [-0.25, -0.2) is 9.67 Å². The highest BCUT2D eigenvalue weighted by molar-refractivity contribution is 5.61. The summed E-state index contributed by atoms with van der Waals surface area (Å²) in [5, 5.41) is 7.70. The van der Waals surface area contributed by atoms with Gasteiger partial charge < -0.3 is 10.1 Å². The number of methoxy groups -OCH3 is 1. The lowest BCUT2D eigenvalue weighted by Gasteiger charge is -2.35. The van der Waals surface area contributed by atoms with Crippen molar-refractivity contribution in [1.82, 2.24) is 14.8 Å². The molecule has 0 spiro atoms. The van der Waals surface area contributed by atoms with Crippen molar-refractivity contribution >= 4 is 5.69 Å². The van der Waals surface area contributed by atoms with Gasteiger partial charge in [0.1, 0.15) is 12.7 Å². The van der Waals surface area contributed by atoms with E-state index < -0.39 is 0 Å². The van der Waals surface area contributed by atoms with Crippen molar-refractivity contribution in [1.29, 1.82) is 0 Å². The third-order valence-corrected chi connectivity index (χ3v) is 3.36. The van der Waals surface area contributed by atoms with E-state index in [1.807, 2.05) is 18.2 Å². The molecule has 0 atom stereocenters. The maximum Gasteiger partial charge on any atom is 0.138 e. The Morgan fingerprint density at radius 2 is 2.17 bits per heavy atom. The fraction of sp³-hybridized carbons (Fsp3) is 0.385. The minimum absolute atomic E-state index is 0.404. The van der Waals surface area contributed by atoms with Crippen molar-refractivity contribution in [3.63, 3.8) is 0 Å². The highest BCUT2D eigenvalue weighted by Gasteiger charge is 2.29. The zero-order chi connectivity index (χ0) is 12.4. The van der Waals surface area contributed by atoms with Crippen LogP contribution >= 0.6 is 0 Å². The second-order valence-corrected chi connectivity index (χ2v) is 4.53. The predicted molar refractivity (Wildman–Crippen MR) is 68.8 cm³/mol. The highest BCUT2D eigenvalue weighted by Crippen LogP contribution is 2.28. The fourth-order valence-electron chi connectivity index (χ4n) is 2.22. The summed E-state index contributed by atoms with van der Waals surface area (Å²) in [5.74, 6) is 0. The van der Waals surface area contributed by atoms with Gasteiger partial charge in [0.2, 0.25) is 0 Å². The summed E-state index contributed by atoms with van der Waals surface area (Å²) in [6.07, 6.45) is 5.77. The molecule has 1 saturated carbocycles. The third-order valence-electron chi connectivity index (χ3n) is 3.36. The van der Waals surface area contributed by atoms with Crippen molar-refractivity contribution in [2.75, 3.05) is 12.4 Å². The van der Waals surface area contributed by atoms with E-state index in [-0.39, 0.29) is 0 Å². The first-order chi connectivity index (χ1) is 8.86. The third kappa shape index (κ3) is 2.09. The Hall–Kier alpha value is -1.88. The molecule has 0 radical (unpaired) electrons. The summed E-state index contributed by atoms with van der Waals surface area (Å²) in [5.41, 5.74) is 2.11. The van der Waals surface area contributed by atoms with Crippen molar-refractivity contribution in [2.24, 2.45) is 0 Å². The summed E-state index contributed by atoms with van der Waals surface area (Å²) in [7, 11) is 1.77. The van der Waals surface area contributed by atoms with Gasteiger partial charge in [-0.3, -0.25) is 0 Å². The van der Waals surface area contributed by atoms with E-state index >= 15 is 0 Å².